The third kappa shape index (κ3) is 3.09. The minimum atomic E-state index is -0.126. The van der Waals surface area contributed by atoms with Crippen molar-refractivity contribution in [3.05, 3.63) is 0 Å². The number of carbonyl (C=O) groups excluding carboxylic acids is 1. The molecule has 3 N–H and O–H groups in total. The highest BCUT2D eigenvalue weighted by Gasteiger charge is 2.30. The highest BCUT2D eigenvalue weighted by Crippen LogP contribution is 2.17. The lowest BCUT2D eigenvalue weighted by Crippen LogP contribution is -2.52. The average Bonchev–Trinajstić information content (AvgIpc) is 2.64. The van der Waals surface area contributed by atoms with Crippen molar-refractivity contribution in [2.75, 3.05) is 13.1 Å². The molecule has 0 aliphatic carbocycles. The molecule has 1 heterocycles. The molecule has 1 saturated heterocycles. The maximum absolute atomic E-state index is 11.9. The van der Waals surface area contributed by atoms with Crippen LogP contribution in [0.4, 0.5) is 4.79 Å². The summed E-state index contributed by atoms with van der Waals surface area (Å²) in [6, 6.07) is 0.271. The molecular weight excluding hydrogens is 190 g/mol. The van der Waals surface area contributed by atoms with E-state index in [0.29, 0.717) is 6.54 Å². The maximum Gasteiger partial charge on any atom is 0.318 e. The number of nitrogens with zero attached hydrogens (tertiary/aromatic N) is 1. The quantitative estimate of drug-likeness (QED) is 0.742. The maximum atomic E-state index is 11.9. The standard InChI is InChI=1S/C11H23N3O/c1-4-11(2,3)13-10(15)14-7-5-6-9(14)8-12/h9H,4-8,12H2,1-3H3,(H,13,15). The van der Waals surface area contributed by atoms with Gasteiger partial charge in [0.15, 0.2) is 0 Å². The second kappa shape index (κ2) is 4.84. The topological polar surface area (TPSA) is 58.4 Å². The Bertz CT molecular complexity index is 228. The first kappa shape index (κ1) is 12.3. The predicted molar refractivity (Wildman–Crippen MR) is 61.7 cm³/mol. The number of hydrogen-bond donors (Lipinski definition) is 2. The summed E-state index contributed by atoms with van der Waals surface area (Å²) in [6.07, 6.45) is 3.04. The normalized spacial score (nSPS) is 21.9. The number of likely N-dealkylation sites (tertiary alicyclic amines) is 1. The van der Waals surface area contributed by atoms with Crippen LogP contribution < -0.4 is 11.1 Å². The van der Waals surface area contributed by atoms with Crippen LogP contribution in [0.1, 0.15) is 40.0 Å². The molecule has 1 unspecified atom stereocenters. The van der Waals surface area contributed by atoms with E-state index in [1.807, 2.05) is 18.7 Å². The van der Waals surface area contributed by atoms with E-state index in [4.69, 9.17) is 5.73 Å². The van der Waals surface area contributed by atoms with Crippen LogP contribution in [0.15, 0.2) is 0 Å². The summed E-state index contributed by atoms with van der Waals surface area (Å²) in [5.74, 6) is 0. The van der Waals surface area contributed by atoms with Gasteiger partial charge >= 0.3 is 6.03 Å². The van der Waals surface area contributed by atoms with Gasteiger partial charge in [0.1, 0.15) is 0 Å². The molecule has 0 aromatic rings. The molecule has 0 bridgehead atoms. The lowest BCUT2D eigenvalue weighted by Gasteiger charge is -2.30. The van der Waals surface area contributed by atoms with Gasteiger partial charge in [-0.2, -0.15) is 0 Å². The molecular formula is C11H23N3O. The van der Waals surface area contributed by atoms with E-state index in [2.05, 4.69) is 12.2 Å². The largest absolute Gasteiger partial charge is 0.333 e. The molecule has 15 heavy (non-hydrogen) atoms. The Morgan fingerprint density at radius 1 is 1.60 bits per heavy atom. The van der Waals surface area contributed by atoms with E-state index >= 15 is 0 Å². The lowest BCUT2D eigenvalue weighted by atomic mass is 10.0. The zero-order valence-corrected chi connectivity index (χ0v) is 10.0. The van der Waals surface area contributed by atoms with E-state index in [9.17, 15) is 4.79 Å². The number of rotatable bonds is 3. The fourth-order valence-corrected chi connectivity index (χ4v) is 1.80. The molecule has 1 fully saturated rings. The Labute approximate surface area is 92.2 Å². The number of carbonyl (C=O) groups is 1. The van der Waals surface area contributed by atoms with Crippen LogP contribution in [0, 0.1) is 0 Å². The number of urea groups is 1. The molecule has 0 aromatic heterocycles. The SMILES string of the molecule is CCC(C)(C)NC(=O)N1CCCC1CN. The Hall–Kier alpha value is -0.770. The lowest BCUT2D eigenvalue weighted by molar-refractivity contribution is 0.182. The third-order valence-electron chi connectivity index (χ3n) is 3.24. The van der Waals surface area contributed by atoms with Crippen molar-refractivity contribution in [3.63, 3.8) is 0 Å². The Kier molecular flexibility index (Phi) is 3.97. The van der Waals surface area contributed by atoms with Crippen molar-refractivity contribution in [1.29, 1.82) is 0 Å². The third-order valence-corrected chi connectivity index (χ3v) is 3.24. The Balaban J connectivity index is 2.53. The molecule has 0 radical (unpaired) electrons. The molecule has 1 aliphatic heterocycles. The molecule has 88 valence electrons. The van der Waals surface area contributed by atoms with Crippen LogP contribution in [-0.4, -0.2) is 35.6 Å². The summed E-state index contributed by atoms with van der Waals surface area (Å²) in [7, 11) is 0. The molecule has 1 aliphatic rings. The van der Waals surface area contributed by atoms with E-state index in [1.165, 1.54) is 0 Å². The highest BCUT2D eigenvalue weighted by atomic mass is 16.2. The van der Waals surface area contributed by atoms with E-state index in [1.54, 1.807) is 0 Å². The van der Waals surface area contributed by atoms with Gasteiger partial charge in [0.2, 0.25) is 0 Å². The fraction of sp³-hybridized carbons (Fsp3) is 0.909. The minimum absolute atomic E-state index is 0.0369. The summed E-state index contributed by atoms with van der Waals surface area (Å²) in [4.78, 5) is 13.8. The van der Waals surface area contributed by atoms with Gasteiger partial charge in [0.05, 0.1) is 0 Å². The number of nitrogens with two attached hydrogens (primary N) is 1. The van der Waals surface area contributed by atoms with Crippen LogP contribution in [0.2, 0.25) is 0 Å². The molecule has 2 amide bonds. The zero-order chi connectivity index (χ0) is 11.5. The van der Waals surface area contributed by atoms with Crippen LogP contribution in [0.3, 0.4) is 0 Å². The van der Waals surface area contributed by atoms with Gasteiger partial charge in [0, 0.05) is 24.7 Å². The average molecular weight is 213 g/mol. The predicted octanol–water partition coefficient (Wildman–Crippen LogP) is 1.31. The van der Waals surface area contributed by atoms with Gasteiger partial charge in [-0.25, -0.2) is 4.79 Å². The zero-order valence-electron chi connectivity index (χ0n) is 10.0. The molecule has 4 heteroatoms. The van der Waals surface area contributed by atoms with Crippen LogP contribution >= 0.6 is 0 Å². The summed E-state index contributed by atoms with van der Waals surface area (Å²) in [5.41, 5.74) is 5.51. The first-order valence-corrected chi connectivity index (χ1v) is 5.79. The fourth-order valence-electron chi connectivity index (χ4n) is 1.80. The van der Waals surface area contributed by atoms with Gasteiger partial charge < -0.3 is 16.0 Å². The summed E-state index contributed by atoms with van der Waals surface area (Å²) >= 11 is 0. The molecule has 0 saturated carbocycles. The van der Waals surface area contributed by atoms with Crippen LogP contribution in [0.5, 0.6) is 0 Å². The number of hydrogen-bond acceptors (Lipinski definition) is 2. The monoisotopic (exact) mass is 213 g/mol. The van der Waals surface area contributed by atoms with Crippen molar-refractivity contribution in [2.24, 2.45) is 5.73 Å². The number of amides is 2. The number of nitrogens with one attached hydrogen (secondary N) is 1. The molecule has 1 rings (SSSR count). The van der Waals surface area contributed by atoms with Crippen molar-refractivity contribution in [3.8, 4) is 0 Å². The van der Waals surface area contributed by atoms with Gasteiger partial charge in [-0.05, 0) is 33.1 Å². The second-order valence-corrected chi connectivity index (χ2v) is 4.89. The van der Waals surface area contributed by atoms with E-state index < -0.39 is 0 Å². The van der Waals surface area contributed by atoms with Gasteiger partial charge in [0.25, 0.3) is 0 Å². The summed E-state index contributed by atoms with van der Waals surface area (Å²) < 4.78 is 0. The Morgan fingerprint density at radius 2 is 2.27 bits per heavy atom. The first-order chi connectivity index (χ1) is 7.00. The van der Waals surface area contributed by atoms with Crippen LogP contribution in [-0.2, 0) is 0 Å². The van der Waals surface area contributed by atoms with Crippen molar-refractivity contribution < 1.29 is 4.79 Å². The van der Waals surface area contributed by atoms with Gasteiger partial charge in [-0.1, -0.05) is 6.92 Å². The molecule has 4 nitrogen and oxygen atoms in total. The van der Waals surface area contributed by atoms with Crippen molar-refractivity contribution in [2.45, 2.75) is 51.6 Å². The minimum Gasteiger partial charge on any atom is -0.333 e. The first-order valence-electron chi connectivity index (χ1n) is 5.79. The summed E-state index contributed by atoms with van der Waals surface area (Å²) in [6.45, 7) is 7.56. The van der Waals surface area contributed by atoms with E-state index in [0.717, 1.165) is 25.8 Å². The second-order valence-electron chi connectivity index (χ2n) is 4.89. The Morgan fingerprint density at radius 3 is 2.80 bits per heavy atom. The molecule has 1 atom stereocenters. The van der Waals surface area contributed by atoms with Crippen molar-refractivity contribution >= 4 is 6.03 Å². The van der Waals surface area contributed by atoms with E-state index in [-0.39, 0.29) is 17.6 Å². The van der Waals surface area contributed by atoms with Gasteiger partial charge in [-0.15, -0.1) is 0 Å². The molecule has 0 spiro atoms. The van der Waals surface area contributed by atoms with Crippen molar-refractivity contribution in [1.82, 2.24) is 10.2 Å². The molecule has 0 aromatic carbocycles. The highest BCUT2D eigenvalue weighted by molar-refractivity contribution is 5.75. The van der Waals surface area contributed by atoms with Gasteiger partial charge in [-0.3, -0.25) is 0 Å². The smallest absolute Gasteiger partial charge is 0.318 e. The van der Waals surface area contributed by atoms with Crippen LogP contribution in [0.25, 0.3) is 0 Å². The summed E-state index contributed by atoms with van der Waals surface area (Å²) in [5, 5.41) is 3.04.